The molecule has 0 bridgehead atoms. The zero-order valence-corrected chi connectivity index (χ0v) is 15.6. The van der Waals surface area contributed by atoms with Crippen molar-refractivity contribution in [3.63, 3.8) is 0 Å². The zero-order valence-electron chi connectivity index (χ0n) is 15.6. The smallest absolute Gasteiger partial charge is 0.140 e. The molecular formula is C21H24N4O2. The number of hydrogen-bond acceptors (Lipinski definition) is 5. The number of para-hydroxylation sites is 1. The Hall–Kier alpha value is -2.88. The molecule has 0 aliphatic rings. The van der Waals surface area contributed by atoms with Crippen LogP contribution in [0.1, 0.15) is 25.0 Å². The van der Waals surface area contributed by atoms with E-state index in [1.165, 1.54) is 17.1 Å². The number of nitriles is 1. The minimum absolute atomic E-state index is 0.106. The Morgan fingerprint density at radius 3 is 2.96 bits per heavy atom. The number of ether oxygens (including phenoxy) is 1. The summed E-state index contributed by atoms with van der Waals surface area (Å²) in [6, 6.07) is 11.9. The van der Waals surface area contributed by atoms with Crippen molar-refractivity contribution in [1.82, 2.24) is 15.3 Å². The van der Waals surface area contributed by atoms with E-state index in [1.807, 2.05) is 24.4 Å². The number of aromatic amines is 1. The highest BCUT2D eigenvalue weighted by Gasteiger charge is 2.21. The lowest BCUT2D eigenvalue weighted by Gasteiger charge is -2.28. The van der Waals surface area contributed by atoms with Crippen molar-refractivity contribution in [2.45, 2.75) is 31.9 Å². The largest absolute Gasteiger partial charge is 0.489 e. The van der Waals surface area contributed by atoms with E-state index in [2.05, 4.69) is 41.3 Å². The van der Waals surface area contributed by atoms with Crippen LogP contribution in [-0.4, -0.2) is 39.9 Å². The second-order valence-corrected chi connectivity index (χ2v) is 7.25. The molecule has 0 amide bonds. The van der Waals surface area contributed by atoms with Gasteiger partial charge in [-0.15, -0.1) is 0 Å². The van der Waals surface area contributed by atoms with E-state index < -0.39 is 6.10 Å². The van der Waals surface area contributed by atoms with Crippen LogP contribution in [-0.2, 0) is 6.42 Å². The van der Waals surface area contributed by atoms with E-state index in [0.29, 0.717) is 17.9 Å². The first-order valence-electron chi connectivity index (χ1n) is 8.93. The lowest BCUT2D eigenvalue weighted by atomic mass is 9.94. The van der Waals surface area contributed by atoms with Crippen LogP contribution in [0, 0.1) is 11.3 Å². The molecule has 1 aromatic carbocycles. The first kappa shape index (κ1) is 18.9. The molecule has 0 spiro atoms. The summed E-state index contributed by atoms with van der Waals surface area (Å²) < 4.78 is 5.56. The Morgan fingerprint density at radius 1 is 1.33 bits per heavy atom. The molecule has 0 fully saturated rings. The Labute approximate surface area is 158 Å². The minimum Gasteiger partial charge on any atom is -0.489 e. The normalized spacial score (nSPS) is 12.7. The van der Waals surface area contributed by atoms with E-state index in [9.17, 15) is 5.11 Å². The SMILES string of the molecule is CC(C)(Cc1c[nH]c2ccccc12)NCC(O)COc1ccncc1C#N. The summed E-state index contributed by atoms with van der Waals surface area (Å²) in [4.78, 5) is 7.19. The molecule has 0 radical (unpaired) electrons. The molecule has 27 heavy (non-hydrogen) atoms. The van der Waals surface area contributed by atoms with Gasteiger partial charge in [-0.1, -0.05) is 18.2 Å². The maximum absolute atomic E-state index is 10.2. The summed E-state index contributed by atoms with van der Waals surface area (Å²) in [6.45, 7) is 4.72. The van der Waals surface area contributed by atoms with Crippen LogP contribution in [0.3, 0.4) is 0 Å². The molecule has 3 rings (SSSR count). The number of rotatable bonds is 8. The predicted octanol–water partition coefficient (Wildman–Crippen LogP) is 2.79. The highest BCUT2D eigenvalue weighted by Crippen LogP contribution is 2.22. The summed E-state index contributed by atoms with van der Waals surface area (Å²) >= 11 is 0. The van der Waals surface area contributed by atoms with E-state index >= 15 is 0 Å². The monoisotopic (exact) mass is 364 g/mol. The molecule has 0 aliphatic heterocycles. The third kappa shape index (κ3) is 4.85. The standard InChI is InChI=1S/C21H24N4O2/c1-21(2,9-15-12-24-19-6-4-3-5-18(15)19)25-13-17(26)14-27-20-7-8-23-11-16(20)10-22/h3-8,11-12,17,24-26H,9,13-14H2,1-2H3. The maximum atomic E-state index is 10.2. The average Bonchev–Trinajstić information content (AvgIpc) is 3.07. The van der Waals surface area contributed by atoms with Crippen LogP contribution < -0.4 is 10.1 Å². The fraction of sp³-hybridized carbons (Fsp3) is 0.333. The molecule has 0 saturated carbocycles. The van der Waals surface area contributed by atoms with Gasteiger partial charge in [-0.3, -0.25) is 4.98 Å². The molecule has 1 unspecified atom stereocenters. The zero-order chi connectivity index (χ0) is 19.3. The molecule has 1 atom stereocenters. The molecule has 0 aliphatic carbocycles. The number of benzene rings is 1. The number of hydrogen-bond donors (Lipinski definition) is 3. The summed E-state index contributed by atoms with van der Waals surface area (Å²) in [5, 5.41) is 23.9. The van der Waals surface area contributed by atoms with Crippen LogP contribution in [0.2, 0.25) is 0 Å². The lowest BCUT2D eigenvalue weighted by molar-refractivity contribution is 0.0987. The number of aliphatic hydroxyl groups excluding tert-OH is 1. The molecule has 2 aromatic heterocycles. The highest BCUT2D eigenvalue weighted by atomic mass is 16.5. The van der Waals surface area contributed by atoms with Crippen molar-refractivity contribution in [2.75, 3.05) is 13.2 Å². The Bertz CT molecular complexity index is 943. The molecular weight excluding hydrogens is 340 g/mol. The number of nitrogens with one attached hydrogen (secondary N) is 2. The van der Waals surface area contributed by atoms with Gasteiger partial charge in [0.15, 0.2) is 0 Å². The first-order valence-corrected chi connectivity index (χ1v) is 8.93. The summed E-state index contributed by atoms with van der Waals surface area (Å²) in [5.74, 6) is 0.435. The quantitative estimate of drug-likeness (QED) is 0.571. The van der Waals surface area contributed by atoms with Crippen molar-refractivity contribution < 1.29 is 9.84 Å². The van der Waals surface area contributed by atoms with Crippen LogP contribution in [0.15, 0.2) is 48.9 Å². The number of fused-ring (bicyclic) bond motifs is 1. The van der Waals surface area contributed by atoms with E-state index in [-0.39, 0.29) is 12.1 Å². The number of aliphatic hydroxyl groups is 1. The molecule has 2 heterocycles. The predicted molar refractivity (Wildman–Crippen MR) is 105 cm³/mol. The van der Waals surface area contributed by atoms with Gasteiger partial charge in [-0.05, 0) is 38.0 Å². The van der Waals surface area contributed by atoms with Crippen molar-refractivity contribution >= 4 is 10.9 Å². The maximum Gasteiger partial charge on any atom is 0.140 e. The lowest BCUT2D eigenvalue weighted by Crippen LogP contribution is -2.46. The number of nitrogens with zero attached hydrogens (tertiary/aromatic N) is 2. The van der Waals surface area contributed by atoms with Crippen molar-refractivity contribution in [3.05, 3.63) is 60.0 Å². The number of β-amino-alcohol motifs (C(OH)–C–C–N with tert-alkyl or cyclic N) is 1. The molecule has 3 aromatic rings. The van der Waals surface area contributed by atoms with Gasteiger partial charge in [-0.2, -0.15) is 5.26 Å². The van der Waals surface area contributed by atoms with Gasteiger partial charge in [0.2, 0.25) is 0 Å². The van der Waals surface area contributed by atoms with Gasteiger partial charge < -0.3 is 20.1 Å². The number of H-pyrrole nitrogens is 1. The van der Waals surface area contributed by atoms with Crippen LogP contribution in [0.5, 0.6) is 5.75 Å². The van der Waals surface area contributed by atoms with Gasteiger partial charge >= 0.3 is 0 Å². The molecule has 6 heteroatoms. The Balaban J connectivity index is 1.53. The topological polar surface area (TPSA) is 94.0 Å². The van der Waals surface area contributed by atoms with E-state index in [0.717, 1.165) is 11.9 Å². The number of aromatic nitrogens is 2. The molecule has 6 nitrogen and oxygen atoms in total. The second kappa shape index (κ2) is 8.21. The van der Waals surface area contributed by atoms with E-state index in [4.69, 9.17) is 10.00 Å². The highest BCUT2D eigenvalue weighted by molar-refractivity contribution is 5.83. The van der Waals surface area contributed by atoms with Crippen molar-refractivity contribution in [2.24, 2.45) is 0 Å². The summed E-state index contributed by atoms with van der Waals surface area (Å²) in [6.07, 6.45) is 5.19. The van der Waals surface area contributed by atoms with Gasteiger partial charge in [-0.25, -0.2) is 0 Å². The van der Waals surface area contributed by atoms with Crippen molar-refractivity contribution in [1.29, 1.82) is 5.26 Å². The third-order valence-corrected chi connectivity index (χ3v) is 4.46. The fourth-order valence-electron chi connectivity index (χ4n) is 3.05. The van der Waals surface area contributed by atoms with Gasteiger partial charge in [0.1, 0.15) is 30.1 Å². The van der Waals surface area contributed by atoms with Crippen LogP contribution in [0.4, 0.5) is 0 Å². The first-order chi connectivity index (χ1) is 13.0. The summed E-state index contributed by atoms with van der Waals surface area (Å²) in [5.41, 5.74) is 2.53. The molecule has 3 N–H and O–H groups in total. The van der Waals surface area contributed by atoms with Gasteiger partial charge in [0, 0.05) is 41.6 Å². The Kier molecular flexibility index (Phi) is 5.75. The van der Waals surface area contributed by atoms with Crippen molar-refractivity contribution in [3.8, 4) is 11.8 Å². The molecule has 140 valence electrons. The minimum atomic E-state index is -0.688. The van der Waals surface area contributed by atoms with Gasteiger partial charge in [0.25, 0.3) is 0 Å². The Morgan fingerprint density at radius 2 is 2.15 bits per heavy atom. The fourth-order valence-corrected chi connectivity index (χ4v) is 3.05. The van der Waals surface area contributed by atoms with Crippen LogP contribution in [0.25, 0.3) is 10.9 Å². The molecule has 0 saturated heterocycles. The van der Waals surface area contributed by atoms with E-state index in [1.54, 1.807) is 12.3 Å². The van der Waals surface area contributed by atoms with Gasteiger partial charge in [0.05, 0.1) is 0 Å². The average molecular weight is 364 g/mol. The van der Waals surface area contributed by atoms with Crippen LogP contribution >= 0.6 is 0 Å². The third-order valence-electron chi connectivity index (χ3n) is 4.46. The summed E-state index contributed by atoms with van der Waals surface area (Å²) in [7, 11) is 0. The second-order valence-electron chi connectivity index (χ2n) is 7.25. The number of pyridine rings is 1.